The molecule has 6 rings (SSSR count). The van der Waals surface area contributed by atoms with Gasteiger partial charge in [0.15, 0.2) is 11.4 Å². The molecule has 1 fully saturated rings. The van der Waals surface area contributed by atoms with E-state index in [1.54, 1.807) is 54.5 Å². The zero-order valence-corrected chi connectivity index (χ0v) is 22.4. The number of piperazine rings is 1. The summed E-state index contributed by atoms with van der Waals surface area (Å²) in [6, 6.07) is 14.5. The van der Waals surface area contributed by atoms with Crippen molar-refractivity contribution in [3.8, 4) is 11.5 Å². The molecular weight excluding hydrogens is 529 g/mol. The third-order valence-corrected chi connectivity index (χ3v) is 6.83. The van der Waals surface area contributed by atoms with E-state index >= 15 is 0 Å². The number of anilines is 1. The number of rotatable bonds is 6. The van der Waals surface area contributed by atoms with Crippen LogP contribution in [0.5, 0.6) is 0 Å². The minimum absolute atomic E-state index is 0.180. The molecule has 1 aliphatic heterocycles. The molecule has 1 saturated heterocycles. The van der Waals surface area contributed by atoms with E-state index in [1.807, 2.05) is 6.07 Å². The lowest BCUT2D eigenvalue weighted by Crippen LogP contribution is -2.50. The summed E-state index contributed by atoms with van der Waals surface area (Å²) in [7, 11) is 1.68. The van der Waals surface area contributed by atoms with Crippen molar-refractivity contribution in [3.05, 3.63) is 83.7 Å². The van der Waals surface area contributed by atoms with E-state index in [0.29, 0.717) is 60.2 Å². The fourth-order valence-electron chi connectivity index (χ4n) is 4.97. The van der Waals surface area contributed by atoms with E-state index in [1.165, 1.54) is 23.9 Å². The lowest BCUT2D eigenvalue weighted by atomic mass is 10.0. The summed E-state index contributed by atoms with van der Waals surface area (Å²) in [6.07, 6.45) is 1.55. The van der Waals surface area contributed by atoms with Gasteiger partial charge in [-0.15, -0.1) is 10.2 Å². The van der Waals surface area contributed by atoms with Gasteiger partial charge in [-0.2, -0.15) is 4.80 Å². The van der Waals surface area contributed by atoms with Crippen molar-refractivity contribution in [3.63, 3.8) is 0 Å². The molecule has 0 saturated carbocycles. The Labute approximate surface area is 233 Å². The van der Waals surface area contributed by atoms with Crippen molar-refractivity contribution in [1.82, 2.24) is 40.0 Å². The Morgan fingerprint density at radius 3 is 2.61 bits per heavy atom. The molecule has 0 aliphatic carbocycles. The van der Waals surface area contributed by atoms with Gasteiger partial charge in [-0.1, -0.05) is 12.1 Å². The number of hydrogen-bond acceptors (Lipinski definition) is 9. The monoisotopic (exact) mass is 555 g/mol. The Balaban J connectivity index is 1.18. The summed E-state index contributed by atoms with van der Waals surface area (Å²) in [5.41, 5.74) is 3.35. The average Bonchev–Trinajstić information content (AvgIpc) is 3.59. The van der Waals surface area contributed by atoms with Gasteiger partial charge < -0.3 is 14.6 Å². The second kappa shape index (κ2) is 10.8. The topological polar surface area (TPSA) is 135 Å². The highest BCUT2D eigenvalue weighted by Crippen LogP contribution is 2.29. The number of nitrogens with one attached hydrogen (secondary N) is 1. The smallest absolute Gasteiger partial charge is 0.272 e. The first-order valence-corrected chi connectivity index (χ1v) is 13.0. The van der Waals surface area contributed by atoms with E-state index in [9.17, 15) is 14.0 Å². The number of nitrogens with zero attached hydrogens (tertiary/aromatic N) is 8. The standard InChI is InChI=1S/C28H26FN9O3/c1-17(39)31-21-6-7-24-22(16-21)32-27(41-24)19-8-9-30-23(15-19)28(40)38-12-10-37(11-13-38)25(26-33-35-36(2)34-26)18-4-3-5-20(29)14-18/h3-9,14-16,25H,10-13H2,1-2H3,(H,31,39). The number of amides is 2. The molecule has 208 valence electrons. The number of pyridine rings is 1. The number of oxazole rings is 1. The summed E-state index contributed by atoms with van der Waals surface area (Å²) in [6.45, 7) is 3.35. The Morgan fingerprint density at radius 1 is 1.05 bits per heavy atom. The summed E-state index contributed by atoms with van der Waals surface area (Å²) >= 11 is 0. The molecule has 2 amide bonds. The summed E-state index contributed by atoms with van der Waals surface area (Å²) in [5, 5.41) is 15.2. The molecular formula is C28H26FN9O3. The van der Waals surface area contributed by atoms with Crippen LogP contribution in [0.4, 0.5) is 10.1 Å². The molecule has 13 heteroatoms. The van der Waals surface area contributed by atoms with Crippen molar-refractivity contribution >= 4 is 28.6 Å². The minimum Gasteiger partial charge on any atom is -0.436 e. The molecule has 2 aromatic carbocycles. The van der Waals surface area contributed by atoms with E-state index < -0.39 is 6.04 Å². The van der Waals surface area contributed by atoms with Crippen LogP contribution in [0.25, 0.3) is 22.6 Å². The third kappa shape index (κ3) is 5.52. The number of fused-ring (bicyclic) bond motifs is 1. The van der Waals surface area contributed by atoms with Crippen LogP contribution in [-0.2, 0) is 11.8 Å². The summed E-state index contributed by atoms with van der Waals surface area (Å²) in [5.74, 6) is 0.0743. The van der Waals surface area contributed by atoms with E-state index in [-0.39, 0.29) is 23.3 Å². The van der Waals surface area contributed by atoms with Crippen LogP contribution >= 0.6 is 0 Å². The first kappa shape index (κ1) is 26.2. The molecule has 1 N–H and O–H groups in total. The third-order valence-electron chi connectivity index (χ3n) is 6.83. The largest absolute Gasteiger partial charge is 0.436 e. The lowest BCUT2D eigenvalue weighted by Gasteiger charge is -2.38. The highest BCUT2D eigenvalue weighted by atomic mass is 19.1. The number of carbonyl (C=O) groups is 2. The lowest BCUT2D eigenvalue weighted by molar-refractivity contribution is -0.114. The Bertz CT molecular complexity index is 1740. The highest BCUT2D eigenvalue weighted by molar-refractivity contribution is 5.94. The van der Waals surface area contributed by atoms with Crippen molar-refractivity contribution < 1.29 is 18.4 Å². The van der Waals surface area contributed by atoms with Crippen LogP contribution < -0.4 is 5.32 Å². The van der Waals surface area contributed by atoms with Crippen LogP contribution in [0, 0.1) is 5.82 Å². The molecule has 0 radical (unpaired) electrons. The number of aryl methyl sites for hydroxylation is 1. The Hall–Kier alpha value is -5.04. The van der Waals surface area contributed by atoms with Crippen molar-refractivity contribution in [1.29, 1.82) is 0 Å². The number of benzene rings is 2. The van der Waals surface area contributed by atoms with Crippen LogP contribution in [0.15, 0.2) is 65.2 Å². The zero-order valence-electron chi connectivity index (χ0n) is 22.4. The predicted molar refractivity (Wildman–Crippen MR) is 146 cm³/mol. The molecule has 1 unspecified atom stereocenters. The fraction of sp³-hybridized carbons (Fsp3) is 0.250. The maximum atomic E-state index is 14.1. The number of hydrogen-bond donors (Lipinski definition) is 1. The first-order chi connectivity index (χ1) is 19.8. The van der Waals surface area contributed by atoms with Crippen LogP contribution in [0.1, 0.15) is 34.8 Å². The minimum atomic E-state index is -0.400. The molecule has 1 atom stereocenters. The number of carbonyl (C=O) groups excluding carboxylic acids is 2. The average molecular weight is 556 g/mol. The van der Waals surface area contributed by atoms with Gasteiger partial charge in [0, 0.05) is 50.6 Å². The molecule has 5 aromatic rings. The van der Waals surface area contributed by atoms with Crippen molar-refractivity contribution in [2.24, 2.45) is 7.05 Å². The van der Waals surface area contributed by atoms with Gasteiger partial charge in [0.1, 0.15) is 17.0 Å². The van der Waals surface area contributed by atoms with Gasteiger partial charge in [0.05, 0.1) is 13.1 Å². The van der Waals surface area contributed by atoms with Crippen LogP contribution in [0.3, 0.4) is 0 Å². The second-order valence-corrected chi connectivity index (χ2v) is 9.74. The van der Waals surface area contributed by atoms with Gasteiger partial charge in [0.2, 0.25) is 11.8 Å². The fourth-order valence-corrected chi connectivity index (χ4v) is 4.97. The van der Waals surface area contributed by atoms with Gasteiger partial charge >= 0.3 is 0 Å². The first-order valence-electron chi connectivity index (χ1n) is 13.0. The van der Waals surface area contributed by atoms with E-state index in [2.05, 4.69) is 35.6 Å². The van der Waals surface area contributed by atoms with Crippen molar-refractivity contribution in [2.45, 2.75) is 13.0 Å². The predicted octanol–water partition coefficient (Wildman–Crippen LogP) is 3.06. The second-order valence-electron chi connectivity index (χ2n) is 9.74. The maximum absolute atomic E-state index is 14.1. The Morgan fingerprint density at radius 2 is 1.88 bits per heavy atom. The van der Waals surface area contributed by atoms with Gasteiger partial charge in [-0.3, -0.25) is 19.5 Å². The van der Waals surface area contributed by atoms with Crippen LogP contribution in [-0.4, -0.2) is 78.0 Å². The zero-order chi connectivity index (χ0) is 28.5. The van der Waals surface area contributed by atoms with Gasteiger partial charge in [-0.25, -0.2) is 9.37 Å². The number of aromatic nitrogens is 6. The van der Waals surface area contributed by atoms with Crippen LogP contribution in [0.2, 0.25) is 0 Å². The highest BCUT2D eigenvalue weighted by Gasteiger charge is 2.32. The van der Waals surface area contributed by atoms with E-state index in [0.717, 1.165) is 5.56 Å². The molecule has 12 nitrogen and oxygen atoms in total. The molecule has 0 bridgehead atoms. The SMILES string of the molecule is CC(=O)Nc1ccc2oc(-c3ccnc(C(=O)N4CCN(C(c5cccc(F)c5)c5nnn(C)n5)CC4)c3)nc2c1. The molecule has 4 heterocycles. The number of tetrazole rings is 1. The maximum Gasteiger partial charge on any atom is 0.272 e. The van der Waals surface area contributed by atoms with Crippen molar-refractivity contribution in [2.75, 3.05) is 31.5 Å². The van der Waals surface area contributed by atoms with E-state index in [4.69, 9.17) is 4.42 Å². The molecule has 0 spiro atoms. The summed E-state index contributed by atoms with van der Waals surface area (Å²) in [4.78, 5) is 38.9. The molecule has 41 heavy (non-hydrogen) atoms. The summed E-state index contributed by atoms with van der Waals surface area (Å²) < 4.78 is 20.0. The molecule has 3 aromatic heterocycles. The quantitative estimate of drug-likeness (QED) is 0.335. The number of halogens is 1. The Kier molecular flexibility index (Phi) is 6.93. The molecule has 1 aliphatic rings. The normalized spacial score (nSPS) is 14.8. The van der Waals surface area contributed by atoms with Gasteiger partial charge in [-0.05, 0) is 53.2 Å². The van der Waals surface area contributed by atoms with Gasteiger partial charge in [0.25, 0.3) is 5.91 Å².